The van der Waals surface area contributed by atoms with Gasteiger partial charge in [0.05, 0.1) is 17.1 Å². The van der Waals surface area contributed by atoms with Gasteiger partial charge >= 0.3 is 0 Å². The highest BCUT2D eigenvalue weighted by atomic mass is 35.5. The second-order valence-electron chi connectivity index (χ2n) is 13.1. The van der Waals surface area contributed by atoms with Crippen LogP contribution in [-0.4, -0.2) is 0 Å². The van der Waals surface area contributed by atoms with Crippen LogP contribution < -0.4 is 23.8 Å². The molecule has 9 aromatic rings. The zero-order valence-corrected chi connectivity index (χ0v) is 28.6. The molecule has 53 heavy (non-hydrogen) atoms. The minimum absolute atomic E-state index is 0.601. The van der Waals surface area contributed by atoms with E-state index >= 15 is 0 Å². The van der Waals surface area contributed by atoms with Crippen LogP contribution in [0.1, 0.15) is 0 Å². The maximum Gasteiger partial charge on any atom is 0.172 e. The maximum absolute atomic E-state index is 6.56. The maximum atomic E-state index is 6.56. The van der Waals surface area contributed by atoms with Crippen LogP contribution in [0.5, 0.6) is 46.0 Å². The number of hydrogen-bond acceptors (Lipinski definition) is 6. The van der Waals surface area contributed by atoms with E-state index in [1.165, 1.54) is 0 Å². The largest absolute Gasteiger partial charge is 0.456 e. The molecule has 0 N–H and O–H groups in total. The van der Waals surface area contributed by atoms with Crippen molar-refractivity contribution >= 4 is 61.4 Å². The summed E-state index contributed by atoms with van der Waals surface area (Å²) in [7, 11) is 0. The smallest absolute Gasteiger partial charge is 0.172 e. The molecule has 8 aromatic carbocycles. The molecule has 0 atom stereocenters. The Morgan fingerprint density at radius 1 is 0.396 bits per heavy atom. The molecule has 0 unspecified atom stereocenters. The van der Waals surface area contributed by atoms with Gasteiger partial charge in [0.25, 0.3) is 0 Å². The van der Waals surface area contributed by atoms with Gasteiger partial charge < -0.3 is 28.3 Å². The molecule has 2 aliphatic heterocycles. The van der Waals surface area contributed by atoms with Gasteiger partial charge in [-0.2, -0.15) is 0 Å². The molecule has 0 spiro atoms. The van der Waals surface area contributed by atoms with E-state index in [1.807, 2.05) is 127 Å². The Labute approximate surface area is 308 Å². The van der Waals surface area contributed by atoms with Crippen molar-refractivity contribution in [1.29, 1.82) is 0 Å². The SMILES string of the molecule is Clc1ccc(-c2cc(N(c3ccc4c(c3)Oc3ccccc3O4)c3ccc4c(c3)Oc3cc5ccccc5cc3O4)cc3oc4ccccc4c23)cc1. The van der Waals surface area contributed by atoms with Crippen molar-refractivity contribution in [3.05, 3.63) is 163 Å². The molecule has 11 rings (SSSR count). The molecular weight excluding hydrogens is 682 g/mol. The van der Waals surface area contributed by atoms with Gasteiger partial charge in [-0.3, -0.25) is 0 Å². The summed E-state index contributed by atoms with van der Waals surface area (Å²) in [4.78, 5) is 2.16. The van der Waals surface area contributed by atoms with E-state index in [4.69, 9.17) is 35.0 Å². The molecular formula is C46H26ClNO5. The Hall–Kier alpha value is -6.89. The molecule has 0 saturated carbocycles. The molecule has 0 bridgehead atoms. The fraction of sp³-hybridized carbons (Fsp3) is 0. The van der Waals surface area contributed by atoms with Crippen molar-refractivity contribution in [2.45, 2.75) is 0 Å². The molecule has 252 valence electrons. The number of furan rings is 1. The summed E-state index contributed by atoms with van der Waals surface area (Å²) >= 11 is 6.37. The Balaban J connectivity index is 1.11. The van der Waals surface area contributed by atoms with Gasteiger partial charge in [0, 0.05) is 34.0 Å². The highest BCUT2D eigenvalue weighted by Gasteiger charge is 2.26. The molecule has 2 aliphatic rings. The molecule has 0 radical (unpaired) electrons. The first-order chi connectivity index (χ1) is 26.1. The summed E-state index contributed by atoms with van der Waals surface area (Å²) < 4.78 is 32.2. The van der Waals surface area contributed by atoms with Crippen LogP contribution >= 0.6 is 11.6 Å². The lowest BCUT2D eigenvalue weighted by Gasteiger charge is -2.29. The lowest BCUT2D eigenvalue weighted by Crippen LogP contribution is -2.11. The van der Waals surface area contributed by atoms with E-state index in [0.29, 0.717) is 51.0 Å². The lowest BCUT2D eigenvalue weighted by molar-refractivity contribution is 0.359. The van der Waals surface area contributed by atoms with Crippen LogP contribution in [0, 0.1) is 0 Å². The van der Waals surface area contributed by atoms with E-state index in [0.717, 1.165) is 60.9 Å². The molecule has 0 aliphatic carbocycles. The highest BCUT2D eigenvalue weighted by Crippen LogP contribution is 2.52. The number of para-hydroxylation sites is 3. The fourth-order valence-corrected chi connectivity index (χ4v) is 7.45. The summed E-state index contributed by atoms with van der Waals surface area (Å²) in [5.41, 5.74) is 6.13. The minimum Gasteiger partial charge on any atom is -0.456 e. The van der Waals surface area contributed by atoms with Crippen molar-refractivity contribution in [3.8, 4) is 57.1 Å². The van der Waals surface area contributed by atoms with Gasteiger partial charge in [-0.25, -0.2) is 0 Å². The monoisotopic (exact) mass is 707 g/mol. The van der Waals surface area contributed by atoms with E-state index in [-0.39, 0.29) is 0 Å². The van der Waals surface area contributed by atoms with E-state index in [9.17, 15) is 0 Å². The third-order valence-corrected chi connectivity index (χ3v) is 10.0. The van der Waals surface area contributed by atoms with Crippen LogP contribution in [0.25, 0.3) is 43.8 Å². The highest BCUT2D eigenvalue weighted by molar-refractivity contribution is 6.30. The van der Waals surface area contributed by atoms with Gasteiger partial charge in [0.15, 0.2) is 46.0 Å². The number of fused-ring (bicyclic) bond motifs is 8. The van der Waals surface area contributed by atoms with Crippen LogP contribution in [0.2, 0.25) is 5.02 Å². The second-order valence-corrected chi connectivity index (χ2v) is 13.5. The zero-order chi connectivity index (χ0) is 35.0. The summed E-state index contributed by atoms with van der Waals surface area (Å²) in [6.07, 6.45) is 0. The molecule has 6 nitrogen and oxygen atoms in total. The van der Waals surface area contributed by atoms with E-state index in [1.54, 1.807) is 0 Å². The average molecular weight is 708 g/mol. The Kier molecular flexibility index (Phi) is 6.50. The van der Waals surface area contributed by atoms with Gasteiger partial charge in [0.2, 0.25) is 0 Å². The van der Waals surface area contributed by atoms with Crippen molar-refractivity contribution in [2.24, 2.45) is 0 Å². The first-order valence-electron chi connectivity index (χ1n) is 17.2. The molecule has 0 fully saturated rings. The van der Waals surface area contributed by atoms with E-state index in [2.05, 4.69) is 35.2 Å². The zero-order valence-electron chi connectivity index (χ0n) is 27.9. The van der Waals surface area contributed by atoms with Crippen molar-refractivity contribution < 1.29 is 23.4 Å². The Morgan fingerprint density at radius 3 is 1.58 bits per heavy atom. The number of hydrogen-bond donors (Lipinski definition) is 0. The topological polar surface area (TPSA) is 53.3 Å². The van der Waals surface area contributed by atoms with Crippen LogP contribution in [0.15, 0.2) is 162 Å². The summed E-state index contributed by atoms with van der Waals surface area (Å²) in [5, 5.41) is 4.89. The molecule has 7 heteroatoms. The Bertz CT molecular complexity index is 2930. The van der Waals surface area contributed by atoms with Crippen molar-refractivity contribution in [2.75, 3.05) is 4.90 Å². The number of rotatable bonds is 4. The first kappa shape index (κ1) is 29.8. The number of halogens is 1. The van der Waals surface area contributed by atoms with Gasteiger partial charge in [-0.05, 0) is 94.7 Å². The predicted molar refractivity (Wildman–Crippen MR) is 210 cm³/mol. The summed E-state index contributed by atoms with van der Waals surface area (Å²) in [6, 6.07) is 52.1. The van der Waals surface area contributed by atoms with Crippen molar-refractivity contribution in [1.82, 2.24) is 0 Å². The number of ether oxygens (including phenoxy) is 4. The minimum atomic E-state index is 0.601. The molecule has 0 saturated heterocycles. The van der Waals surface area contributed by atoms with Crippen LogP contribution in [-0.2, 0) is 0 Å². The van der Waals surface area contributed by atoms with Crippen molar-refractivity contribution in [3.63, 3.8) is 0 Å². The predicted octanol–water partition coefficient (Wildman–Crippen LogP) is 14.3. The standard InChI is InChI=1S/C46H26ClNO5/c47-30-15-13-27(14-16-30)35-23-33(26-45-46(35)34-9-3-4-10-36(34)49-45)48(31-17-19-39-43(24-31)51-38-12-6-5-11-37(38)50-39)32-18-20-40-44(25-32)53-42-22-29-8-2-1-7-28(29)21-41(42)52-40/h1-26H. The third-order valence-electron chi connectivity index (χ3n) is 9.79. The van der Waals surface area contributed by atoms with Crippen LogP contribution in [0.3, 0.4) is 0 Å². The van der Waals surface area contributed by atoms with Gasteiger partial charge in [-0.1, -0.05) is 78.3 Å². The third kappa shape index (κ3) is 4.95. The second kappa shape index (κ2) is 11.6. The Morgan fingerprint density at radius 2 is 0.925 bits per heavy atom. The summed E-state index contributed by atoms with van der Waals surface area (Å²) in [6.45, 7) is 0. The fourth-order valence-electron chi connectivity index (χ4n) is 7.32. The van der Waals surface area contributed by atoms with Gasteiger partial charge in [-0.15, -0.1) is 0 Å². The average Bonchev–Trinajstić information content (AvgIpc) is 3.57. The number of anilines is 3. The van der Waals surface area contributed by atoms with E-state index < -0.39 is 0 Å². The molecule has 1 aromatic heterocycles. The van der Waals surface area contributed by atoms with Crippen LogP contribution in [0.4, 0.5) is 17.1 Å². The molecule has 0 amide bonds. The molecule has 3 heterocycles. The lowest BCUT2D eigenvalue weighted by atomic mass is 9.98. The normalized spacial score (nSPS) is 12.5. The summed E-state index contributed by atoms with van der Waals surface area (Å²) in [5.74, 6) is 5.13. The first-order valence-corrected chi connectivity index (χ1v) is 17.6. The van der Waals surface area contributed by atoms with Gasteiger partial charge in [0.1, 0.15) is 11.2 Å². The quantitative estimate of drug-likeness (QED) is 0.181. The number of benzene rings is 8. The number of nitrogens with zero attached hydrogens (tertiary/aromatic N) is 1.